The third-order valence-electron chi connectivity index (χ3n) is 6.10. The zero-order valence-electron chi connectivity index (χ0n) is 14.1. The van der Waals surface area contributed by atoms with E-state index in [1.165, 1.54) is 7.11 Å². The van der Waals surface area contributed by atoms with Crippen molar-refractivity contribution in [2.75, 3.05) is 27.4 Å². The van der Waals surface area contributed by atoms with Crippen LogP contribution in [0.4, 0.5) is 0 Å². The molecule has 126 valence electrons. The zero-order valence-corrected chi connectivity index (χ0v) is 14.1. The molecule has 0 unspecified atom stereocenters. The summed E-state index contributed by atoms with van der Waals surface area (Å²) in [5.74, 6) is -0.893. The minimum Gasteiger partial charge on any atom is -0.468 e. The van der Waals surface area contributed by atoms with Crippen molar-refractivity contribution in [3.05, 3.63) is 12.2 Å². The molecule has 5 nitrogen and oxygen atoms in total. The molecule has 0 amide bonds. The summed E-state index contributed by atoms with van der Waals surface area (Å²) in [5.41, 5.74) is -0.498. The molecule has 0 aromatic rings. The predicted octanol–water partition coefficient (Wildman–Crippen LogP) is 2.28. The molecular formula is C17H28O5. The van der Waals surface area contributed by atoms with Crippen LogP contribution < -0.4 is 0 Å². The van der Waals surface area contributed by atoms with Gasteiger partial charge in [0.1, 0.15) is 0 Å². The van der Waals surface area contributed by atoms with Crippen molar-refractivity contribution in [1.29, 1.82) is 0 Å². The van der Waals surface area contributed by atoms with Crippen molar-refractivity contribution in [2.45, 2.75) is 45.3 Å². The molecular weight excluding hydrogens is 284 g/mol. The number of aliphatic hydroxyl groups excluding tert-OH is 1. The molecule has 1 heterocycles. The summed E-state index contributed by atoms with van der Waals surface area (Å²) < 4.78 is 16.9. The fourth-order valence-corrected chi connectivity index (χ4v) is 4.47. The minimum absolute atomic E-state index is 0.0995. The van der Waals surface area contributed by atoms with Crippen LogP contribution in [0.1, 0.15) is 39.5 Å². The molecule has 22 heavy (non-hydrogen) atoms. The topological polar surface area (TPSA) is 65.0 Å². The number of fused-ring (bicyclic) bond motifs is 1. The van der Waals surface area contributed by atoms with Gasteiger partial charge in [-0.25, -0.2) is 0 Å². The third-order valence-corrected chi connectivity index (χ3v) is 6.10. The Labute approximate surface area is 132 Å². The summed E-state index contributed by atoms with van der Waals surface area (Å²) in [5, 5.41) is 9.45. The van der Waals surface area contributed by atoms with Gasteiger partial charge in [-0.05, 0) is 37.7 Å². The van der Waals surface area contributed by atoms with Crippen LogP contribution >= 0.6 is 0 Å². The number of aliphatic hydroxyl groups is 1. The number of esters is 1. The highest BCUT2D eigenvalue weighted by molar-refractivity contribution is 5.80. The van der Waals surface area contributed by atoms with Crippen molar-refractivity contribution >= 4 is 5.97 Å². The first kappa shape index (κ1) is 17.4. The number of methoxy groups -OCH3 is 2. The van der Waals surface area contributed by atoms with E-state index < -0.39 is 16.6 Å². The summed E-state index contributed by atoms with van der Waals surface area (Å²) in [6.45, 7) is 8.91. The van der Waals surface area contributed by atoms with E-state index in [0.717, 1.165) is 12.0 Å². The Bertz CT molecular complexity index is 460. The molecule has 4 atom stereocenters. The Morgan fingerprint density at radius 1 is 1.41 bits per heavy atom. The van der Waals surface area contributed by atoms with Gasteiger partial charge in [-0.15, -0.1) is 0 Å². The minimum atomic E-state index is -0.782. The fraction of sp³-hybridized carbons (Fsp3) is 0.824. The second kappa shape index (κ2) is 5.95. The zero-order chi connectivity index (χ0) is 16.6. The number of hydrogen-bond donors (Lipinski definition) is 1. The first-order valence-corrected chi connectivity index (χ1v) is 7.90. The van der Waals surface area contributed by atoms with E-state index in [0.29, 0.717) is 25.9 Å². The van der Waals surface area contributed by atoms with Crippen LogP contribution in [-0.2, 0) is 19.0 Å². The maximum atomic E-state index is 12.4. The Morgan fingerprint density at radius 3 is 2.64 bits per heavy atom. The average Bonchev–Trinajstić information content (AvgIpc) is 2.53. The highest BCUT2D eigenvalue weighted by Crippen LogP contribution is 2.63. The molecule has 2 rings (SSSR count). The van der Waals surface area contributed by atoms with Gasteiger partial charge in [0.2, 0.25) is 0 Å². The van der Waals surface area contributed by atoms with E-state index in [2.05, 4.69) is 13.5 Å². The van der Waals surface area contributed by atoms with Gasteiger partial charge in [0.05, 0.1) is 19.1 Å². The molecule has 0 aromatic carbocycles. The van der Waals surface area contributed by atoms with Crippen LogP contribution in [0.3, 0.4) is 0 Å². The third kappa shape index (κ3) is 2.14. The first-order chi connectivity index (χ1) is 10.3. The highest BCUT2D eigenvalue weighted by atomic mass is 16.7. The fourth-order valence-electron chi connectivity index (χ4n) is 4.47. The second-order valence-electron chi connectivity index (χ2n) is 6.81. The molecule has 0 aromatic heterocycles. The molecule has 1 saturated carbocycles. The van der Waals surface area contributed by atoms with Crippen LogP contribution in [0.25, 0.3) is 0 Å². The molecule has 0 radical (unpaired) electrons. The Morgan fingerprint density at radius 2 is 2.09 bits per heavy atom. The molecule has 1 aliphatic carbocycles. The van der Waals surface area contributed by atoms with E-state index >= 15 is 0 Å². The summed E-state index contributed by atoms with van der Waals surface area (Å²) >= 11 is 0. The highest BCUT2D eigenvalue weighted by Gasteiger charge is 2.65. The van der Waals surface area contributed by atoms with Crippen molar-refractivity contribution in [1.82, 2.24) is 0 Å². The van der Waals surface area contributed by atoms with Gasteiger partial charge in [0.25, 0.3) is 0 Å². The maximum Gasteiger partial charge on any atom is 0.315 e. The summed E-state index contributed by atoms with van der Waals surface area (Å²) in [6, 6.07) is 0. The lowest BCUT2D eigenvalue weighted by atomic mass is 9.51. The average molecular weight is 312 g/mol. The first-order valence-electron chi connectivity index (χ1n) is 7.90. The van der Waals surface area contributed by atoms with Crippen molar-refractivity contribution in [3.63, 3.8) is 0 Å². The van der Waals surface area contributed by atoms with Crippen LogP contribution in [0.15, 0.2) is 12.2 Å². The predicted molar refractivity (Wildman–Crippen MR) is 82.1 cm³/mol. The number of hydrogen-bond acceptors (Lipinski definition) is 5. The quantitative estimate of drug-likeness (QED) is 0.637. The van der Waals surface area contributed by atoms with E-state index in [9.17, 15) is 9.90 Å². The molecule has 2 aliphatic rings. The molecule has 0 spiro atoms. The Kier molecular flexibility index (Phi) is 4.71. The normalized spacial score (nSPS) is 41.9. The standard InChI is InChI=1S/C17H28O5/c1-12-15(2,14(19)20-4)8-9-17(21-5)16(12,3)13(6-10-18)7-11-22-17/h13,18H,1,6-11H2,2-5H3/t13-,15-,16-,17-/m1/s1. The van der Waals surface area contributed by atoms with Crippen molar-refractivity contribution < 1.29 is 24.1 Å². The van der Waals surface area contributed by atoms with Gasteiger partial charge < -0.3 is 19.3 Å². The molecule has 2 fully saturated rings. The molecule has 5 heteroatoms. The molecule has 1 aliphatic heterocycles. The summed E-state index contributed by atoms with van der Waals surface area (Å²) in [4.78, 5) is 12.4. The largest absolute Gasteiger partial charge is 0.468 e. The Hall–Kier alpha value is -0.910. The molecule has 1 N–H and O–H groups in total. The number of carbonyl (C=O) groups is 1. The smallest absolute Gasteiger partial charge is 0.315 e. The van der Waals surface area contributed by atoms with Crippen LogP contribution in [0, 0.1) is 16.7 Å². The van der Waals surface area contributed by atoms with Crippen LogP contribution in [0.2, 0.25) is 0 Å². The summed E-state index contributed by atoms with van der Waals surface area (Å²) in [7, 11) is 3.05. The number of rotatable bonds is 4. The van der Waals surface area contributed by atoms with Gasteiger partial charge in [-0.3, -0.25) is 4.79 Å². The van der Waals surface area contributed by atoms with Crippen LogP contribution in [0.5, 0.6) is 0 Å². The van der Waals surface area contributed by atoms with Gasteiger partial charge in [0.15, 0.2) is 5.79 Å². The van der Waals surface area contributed by atoms with E-state index in [1.807, 2.05) is 6.92 Å². The molecule has 0 bridgehead atoms. The number of carbonyl (C=O) groups excluding carboxylic acids is 1. The number of ether oxygens (including phenoxy) is 3. The van der Waals surface area contributed by atoms with Crippen LogP contribution in [-0.4, -0.2) is 44.3 Å². The van der Waals surface area contributed by atoms with Crippen molar-refractivity contribution in [2.24, 2.45) is 16.7 Å². The second-order valence-corrected chi connectivity index (χ2v) is 6.81. The lowest BCUT2D eigenvalue weighted by Gasteiger charge is -2.61. The van der Waals surface area contributed by atoms with Gasteiger partial charge in [-0.2, -0.15) is 0 Å². The lowest BCUT2D eigenvalue weighted by Crippen LogP contribution is -2.64. The van der Waals surface area contributed by atoms with Crippen molar-refractivity contribution in [3.8, 4) is 0 Å². The SMILES string of the molecule is C=C1[C@](C)(C(=O)OC)CC[C@@]2(OC)OCC[C@@H](CCO)[C@@]12C. The van der Waals surface area contributed by atoms with Gasteiger partial charge >= 0.3 is 5.97 Å². The van der Waals surface area contributed by atoms with E-state index in [4.69, 9.17) is 14.2 Å². The molecule has 1 saturated heterocycles. The van der Waals surface area contributed by atoms with E-state index in [-0.39, 0.29) is 18.5 Å². The monoisotopic (exact) mass is 312 g/mol. The van der Waals surface area contributed by atoms with Gasteiger partial charge in [0, 0.05) is 25.6 Å². The van der Waals surface area contributed by atoms with E-state index in [1.54, 1.807) is 7.11 Å². The maximum absolute atomic E-state index is 12.4. The van der Waals surface area contributed by atoms with Gasteiger partial charge in [-0.1, -0.05) is 13.5 Å². The lowest BCUT2D eigenvalue weighted by molar-refractivity contribution is -0.327. The summed E-state index contributed by atoms with van der Waals surface area (Å²) in [6.07, 6.45) is 2.64. The Balaban J connectivity index is 2.51.